The van der Waals surface area contributed by atoms with Gasteiger partial charge in [0.25, 0.3) is 0 Å². The molecule has 0 atom stereocenters. The molecule has 0 aromatic heterocycles. The maximum Gasteiger partial charge on any atom is 0.0871 e. The number of nitrogens with one attached hydrogen (secondary N) is 1. The van der Waals surface area contributed by atoms with Crippen molar-refractivity contribution in [1.82, 2.24) is 10.4 Å². The Bertz CT molecular complexity index is 112. The van der Waals surface area contributed by atoms with Gasteiger partial charge < -0.3 is 9.75 Å². The van der Waals surface area contributed by atoms with Crippen molar-refractivity contribution in [2.45, 2.75) is 6.92 Å². The number of rotatable bonds is 4. The molecule has 0 aromatic carbocycles. The van der Waals surface area contributed by atoms with Crippen LogP contribution in [-0.2, 0) is 4.74 Å². The number of ether oxygens (including phenoxy) is 1. The van der Waals surface area contributed by atoms with Crippen molar-refractivity contribution in [2.24, 2.45) is 0 Å². The highest BCUT2D eigenvalue weighted by atomic mass is 16.5. The average Bonchev–Trinajstić information content (AvgIpc) is 1.99. The van der Waals surface area contributed by atoms with Crippen LogP contribution in [0.4, 0.5) is 0 Å². The first-order valence-corrected chi connectivity index (χ1v) is 3.31. The molecule has 0 aliphatic heterocycles. The maximum absolute atomic E-state index is 4.97. The lowest BCUT2D eigenvalue weighted by molar-refractivity contribution is 0.183. The van der Waals surface area contributed by atoms with Gasteiger partial charge in [-0.1, -0.05) is 6.08 Å². The largest absolute Gasteiger partial charge is 0.378 e. The number of hydrazine groups is 1. The Kier molecular flexibility index (Phi) is 4.98. The first-order valence-electron chi connectivity index (χ1n) is 3.31. The van der Waals surface area contributed by atoms with Gasteiger partial charge in [0.2, 0.25) is 0 Å². The third kappa shape index (κ3) is 2.85. The van der Waals surface area contributed by atoms with Crippen molar-refractivity contribution in [3.8, 4) is 0 Å². The Morgan fingerprint density at radius 1 is 1.70 bits per heavy atom. The monoisotopic (exact) mass is 144 g/mol. The van der Waals surface area contributed by atoms with Crippen molar-refractivity contribution in [1.29, 1.82) is 0 Å². The molecule has 0 bridgehead atoms. The second kappa shape index (κ2) is 5.26. The number of nitrogens with zero attached hydrogens (tertiary/aromatic N) is 1. The topological polar surface area (TPSA) is 24.5 Å². The molecule has 0 radical (unpaired) electrons. The van der Waals surface area contributed by atoms with Crippen molar-refractivity contribution in [2.75, 3.05) is 27.8 Å². The third-order valence-corrected chi connectivity index (χ3v) is 1.39. The minimum absolute atomic E-state index is 0.647. The minimum atomic E-state index is 0.647. The molecular weight excluding hydrogens is 128 g/mol. The van der Waals surface area contributed by atoms with Crippen molar-refractivity contribution in [3.63, 3.8) is 0 Å². The summed E-state index contributed by atoms with van der Waals surface area (Å²) in [6, 6.07) is 0. The fraction of sp³-hybridized carbons (Fsp3) is 0.714. The summed E-state index contributed by atoms with van der Waals surface area (Å²) in [5.74, 6) is 0. The van der Waals surface area contributed by atoms with Gasteiger partial charge >= 0.3 is 0 Å². The molecule has 0 rings (SSSR count). The molecule has 0 fully saturated rings. The summed E-state index contributed by atoms with van der Waals surface area (Å²) in [4.78, 5) is 0. The zero-order valence-corrected chi connectivity index (χ0v) is 7.14. The first kappa shape index (κ1) is 9.46. The van der Waals surface area contributed by atoms with Crippen LogP contribution in [0.5, 0.6) is 0 Å². The first-order chi connectivity index (χ1) is 4.76. The fourth-order valence-corrected chi connectivity index (χ4v) is 0.665. The number of allylic oxidation sites excluding steroid dienone is 1. The lowest BCUT2D eigenvalue weighted by atomic mass is 10.4. The Hall–Kier alpha value is -0.540. The van der Waals surface area contributed by atoms with Crippen LogP contribution >= 0.6 is 0 Å². The van der Waals surface area contributed by atoms with Gasteiger partial charge in [0.15, 0.2) is 0 Å². The van der Waals surface area contributed by atoms with E-state index in [-0.39, 0.29) is 0 Å². The van der Waals surface area contributed by atoms with Crippen LogP contribution in [-0.4, -0.2) is 32.8 Å². The van der Waals surface area contributed by atoms with E-state index in [2.05, 4.69) is 5.43 Å². The average molecular weight is 144 g/mol. The van der Waals surface area contributed by atoms with E-state index in [0.29, 0.717) is 6.61 Å². The van der Waals surface area contributed by atoms with Gasteiger partial charge in [0.1, 0.15) is 0 Å². The second-order valence-corrected chi connectivity index (χ2v) is 2.00. The van der Waals surface area contributed by atoms with Crippen molar-refractivity contribution >= 4 is 0 Å². The predicted octanol–water partition coefficient (Wildman–Crippen LogP) is 0.603. The maximum atomic E-state index is 4.97. The van der Waals surface area contributed by atoms with Gasteiger partial charge in [-0.15, -0.1) is 0 Å². The van der Waals surface area contributed by atoms with E-state index in [4.69, 9.17) is 4.74 Å². The van der Waals surface area contributed by atoms with Crippen LogP contribution in [0.1, 0.15) is 6.92 Å². The summed E-state index contributed by atoms with van der Waals surface area (Å²) in [6.07, 6.45) is 2.01. The molecule has 0 aliphatic rings. The molecule has 1 N–H and O–H groups in total. The summed E-state index contributed by atoms with van der Waals surface area (Å²) in [7, 11) is 5.51. The van der Waals surface area contributed by atoms with Crippen LogP contribution in [0.3, 0.4) is 0 Å². The summed E-state index contributed by atoms with van der Waals surface area (Å²) < 4.78 is 4.97. The summed E-state index contributed by atoms with van der Waals surface area (Å²) >= 11 is 0. The van der Waals surface area contributed by atoms with E-state index in [1.54, 1.807) is 7.11 Å². The van der Waals surface area contributed by atoms with Crippen LogP contribution in [0, 0.1) is 0 Å². The van der Waals surface area contributed by atoms with Crippen molar-refractivity contribution < 1.29 is 4.74 Å². The molecule has 0 saturated heterocycles. The van der Waals surface area contributed by atoms with Gasteiger partial charge in [0, 0.05) is 21.2 Å². The lowest BCUT2D eigenvalue weighted by Crippen LogP contribution is -2.31. The van der Waals surface area contributed by atoms with E-state index in [1.165, 1.54) is 0 Å². The number of hydrogen-bond donors (Lipinski definition) is 1. The van der Waals surface area contributed by atoms with Crippen LogP contribution in [0.15, 0.2) is 11.8 Å². The Morgan fingerprint density at radius 3 is 2.60 bits per heavy atom. The predicted molar refractivity (Wildman–Crippen MR) is 42.5 cm³/mol. The van der Waals surface area contributed by atoms with Gasteiger partial charge in [-0.25, -0.2) is 5.43 Å². The van der Waals surface area contributed by atoms with Gasteiger partial charge in [-0.3, -0.25) is 0 Å². The Labute approximate surface area is 62.6 Å². The highest BCUT2D eigenvalue weighted by Crippen LogP contribution is 1.96. The molecule has 0 aromatic rings. The molecule has 3 nitrogen and oxygen atoms in total. The van der Waals surface area contributed by atoms with Crippen LogP contribution in [0.2, 0.25) is 0 Å². The zero-order valence-electron chi connectivity index (χ0n) is 7.14. The normalized spacial score (nSPS) is 11.8. The van der Waals surface area contributed by atoms with E-state index in [1.807, 2.05) is 32.1 Å². The fourth-order valence-electron chi connectivity index (χ4n) is 0.665. The third-order valence-electron chi connectivity index (χ3n) is 1.39. The number of likely N-dealkylation sites (N-methyl/N-ethyl adjacent to an activating group) is 1. The Morgan fingerprint density at radius 2 is 2.30 bits per heavy atom. The van der Waals surface area contributed by atoms with Crippen LogP contribution in [0.25, 0.3) is 0 Å². The number of hydrogen-bond acceptors (Lipinski definition) is 3. The molecule has 3 heteroatoms. The number of methoxy groups -OCH3 is 1. The summed E-state index contributed by atoms with van der Waals surface area (Å²) in [5.41, 5.74) is 4.12. The second-order valence-electron chi connectivity index (χ2n) is 2.00. The van der Waals surface area contributed by atoms with Crippen molar-refractivity contribution in [3.05, 3.63) is 11.8 Å². The van der Waals surface area contributed by atoms with Crippen LogP contribution < -0.4 is 5.43 Å². The molecule has 60 valence electrons. The van der Waals surface area contributed by atoms with Gasteiger partial charge in [0.05, 0.1) is 12.3 Å². The molecule has 0 heterocycles. The standard InChI is InChI=1S/C7H16N2O/c1-5-7(6-10-4)9(3)8-2/h5,8H,6H2,1-4H3/b7-5-. The quantitative estimate of drug-likeness (QED) is 0.585. The SMILES string of the molecule is C/C=C(/COC)N(C)NC. The van der Waals surface area contributed by atoms with E-state index in [0.717, 1.165) is 5.70 Å². The van der Waals surface area contributed by atoms with Gasteiger partial charge in [-0.2, -0.15) is 0 Å². The minimum Gasteiger partial charge on any atom is -0.378 e. The van der Waals surface area contributed by atoms with E-state index >= 15 is 0 Å². The zero-order chi connectivity index (χ0) is 7.98. The van der Waals surface area contributed by atoms with E-state index in [9.17, 15) is 0 Å². The molecule has 0 saturated carbocycles. The van der Waals surface area contributed by atoms with E-state index < -0.39 is 0 Å². The molecule has 10 heavy (non-hydrogen) atoms. The Balaban J connectivity index is 3.82. The highest BCUT2D eigenvalue weighted by molar-refractivity contribution is 4.96. The molecular formula is C7H16N2O. The molecule has 0 unspecified atom stereocenters. The molecule has 0 aliphatic carbocycles. The molecule has 0 spiro atoms. The summed E-state index contributed by atoms with van der Waals surface area (Å²) in [6.45, 7) is 2.63. The molecule has 0 amide bonds. The smallest absolute Gasteiger partial charge is 0.0871 e. The lowest BCUT2D eigenvalue weighted by Gasteiger charge is -2.20. The highest BCUT2D eigenvalue weighted by Gasteiger charge is 1.97. The summed E-state index contributed by atoms with van der Waals surface area (Å²) in [5, 5.41) is 1.92. The van der Waals surface area contributed by atoms with Gasteiger partial charge in [-0.05, 0) is 6.92 Å².